The molecule has 1 aromatic carbocycles. The van der Waals surface area contributed by atoms with Crippen molar-refractivity contribution in [2.45, 2.75) is 15.5 Å². The van der Waals surface area contributed by atoms with E-state index in [2.05, 4.69) is 4.40 Å². The van der Waals surface area contributed by atoms with Gasteiger partial charge in [-0.3, -0.25) is 0 Å². The number of benzene rings is 1. The summed E-state index contributed by atoms with van der Waals surface area (Å²) in [6, 6.07) is 5.07. The van der Waals surface area contributed by atoms with Gasteiger partial charge in [-0.15, -0.1) is 0 Å². The van der Waals surface area contributed by atoms with E-state index < -0.39 is 20.7 Å². The molecule has 0 amide bonds. The summed E-state index contributed by atoms with van der Waals surface area (Å²) in [5.74, 6) is -2.75. The summed E-state index contributed by atoms with van der Waals surface area (Å²) < 4.78 is 49.6. The highest BCUT2D eigenvalue weighted by Crippen LogP contribution is 2.31. The van der Waals surface area contributed by atoms with Crippen molar-refractivity contribution in [1.82, 2.24) is 0 Å². The van der Waals surface area contributed by atoms with E-state index in [1.807, 2.05) is 0 Å². The van der Waals surface area contributed by atoms with Crippen molar-refractivity contribution in [3.63, 3.8) is 0 Å². The summed E-state index contributed by atoms with van der Waals surface area (Å²) in [7, 11) is -4.24. The van der Waals surface area contributed by atoms with Crippen LogP contribution in [-0.4, -0.2) is 20.3 Å². The van der Waals surface area contributed by atoms with Gasteiger partial charge in [-0.05, 0) is 12.1 Å². The molecule has 86 valence electrons. The van der Waals surface area contributed by atoms with E-state index in [4.69, 9.17) is 0 Å². The molecule has 0 aliphatic carbocycles. The lowest BCUT2D eigenvalue weighted by molar-refractivity contribution is 0.252. The van der Waals surface area contributed by atoms with E-state index in [0.717, 1.165) is 12.1 Å². The molecule has 0 N–H and O–H groups in total. The molecule has 0 saturated carbocycles. The first-order valence-electron chi connectivity index (χ1n) is 3.85. The van der Waals surface area contributed by atoms with E-state index in [1.54, 1.807) is 0 Å². The number of isocyanates is 1. The molecule has 0 aliphatic heterocycles. The summed E-state index contributed by atoms with van der Waals surface area (Å²) in [4.78, 5) is 9.32. The van der Waals surface area contributed by atoms with Crippen molar-refractivity contribution in [2.24, 2.45) is 4.40 Å². The van der Waals surface area contributed by atoms with Crippen molar-refractivity contribution in [3.05, 3.63) is 24.3 Å². The molecule has 8 heteroatoms. The van der Waals surface area contributed by atoms with Gasteiger partial charge in [-0.1, -0.05) is 28.3 Å². The molecule has 0 aromatic heterocycles. The van der Waals surface area contributed by atoms with Gasteiger partial charge in [0, 0.05) is 4.90 Å². The Morgan fingerprint density at radius 2 is 1.94 bits per heavy atom. The van der Waals surface area contributed by atoms with Crippen molar-refractivity contribution in [1.29, 1.82) is 0 Å². The maximum Gasteiger partial charge on any atom is 0.293 e. The molecule has 0 radical (unpaired) electrons. The molecule has 16 heavy (non-hydrogen) atoms. The van der Waals surface area contributed by atoms with Gasteiger partial charge in [0.15, 0.2) is 0 Å². The summed E-state index contributed by atoms with van der Waals surface area (Å²) in [5, 5.41) is 0. The highest BCUT2D eigenvalue weighted by Gasteiger charge is 2.19. The lowest BCUT2D eigenvalue weighted by Gasteiger charge is -2.04. The summed E-state index contributed by atoms with van der Waals surface area (Å²) in [6.07, 6.45) is 0.877. The van der Waals surface area contributed by atoms with E-state index >= 15 is 0 Å². The van der Waals surface area contributed by atoms with Crippen LogP contribution in [0.15, 0.2) is 38.5 Å². The molecular weight excluding hydrogens is 260 g/mol. The molecule has 0 fully saturated rings. The standard InChI is InChI=1S/C8H5F2NO3S2/c9-8(10)15-6-3-1-2-4-7(6)16(13,14)11-5-12/h1-4,8H. The fraction of sp³-hybridized carbons (Fsp3) is 0.125. The fourth-order valence-corrected chi connectivity index (χ4v) is 2.72. The first-order valence-corrected chi connectivity index (χ1v) is 6.17. The predicted molar refractivity (Wildman–Crippen MR) is 53.6 cm³/mol. The van der Waals surface area contributed by atoms with Crippen molar-refractivity contribution in [3.8, 4) is 0 Å². The number of thioether (sulfide) groups is 1. The zero-order valence-electron chi connectivity index (χ0n) is 7.63. The predicted octanol–water partition coefficient (Wildman–Crippen LogP) is 2.03. The summed E-state index contributed by atoms with van der Waals surface area (Å²) in [5.41, 5.74) is 0. The van der Waals surface area contributed by atoms with Crippen LogP contribution >= 0.6 is 11.8 Å². The van der Waals surface area contributed by atoms with Crippen LogP contribution in [0.5, 0.6) is 0 Å². The van der Waals surface area contributed by atoms with Gasteiger partial charge in [-0.25, -0.2) is 4.79 Å². The Bertz CT molecular complexity index is 524. The van der Waals surface area contributed by atoms with Crippen LogP contribution in [0.1, 0.15) is 0 Å². The van der Waals surface area contributed by atoms with Crippen LogP contribution in [0.25, 0.3) is 0 Å². The molecule has 0 bridgehead atoms. The Morgan fingerprint density at radius 3 is 2.50 bits per heavy atom. The second kappa shape index (κ2) is 5.20. The monoisotopic (exact) mass is 265 g/mol. The Balaban J connectivity index is 3.28. The van der Waals surface area contributed by atoms with Gasteiger partial charge >= 0.3 is 0 Å². The molecule has 0 atom stereocenters. The highest BCUT2D eigenvalue weighted by molar-refractivity contribution is 8.00. The molecule has 0 unspecified atom stereocenters. The van der Waals surface area contributed by atoms with Crippen LogP contribution in [-0.2, 0) is 14.8 Å². The Labute approximate surface area is 94.4 Å². The second-order valence-corrected chi connectivity index (χ2v) is 5.09. The molecule has 0 saturated heterocycles. The molecule has 1 aromatic rings. The normalized spacial score (nSPS) is 11.2. The van der Waals surface area contributed by atoms with E-state index in [0.29, 0.717) is 0 Å². The van der Waals surface area contributed by atoms with Gasteiger partial charge in [0.2, 0.25) is 0 Å². The first-order chi connectivity index (χ1) is 7.47. The Hall–Kier alpha value is -1.24. The van der Waals surface area contributed by atoms with Gasteiger partial charge in [-0.2, -0.15) is 17.2 Å². The van der Waals surface area contributed by atoms with Gasteiger partial charge < -0.3 is 0 Å². The van der Waals surface area contributed by atoms with E-state index in [9.17, 15) is 22.0 Å². The van der Waals surface area contributed by atoms with E-state index in [1.165, 1.54) is 18.2 Å². The number of alkyl halides is 2. The Morgan fingerprint density at radius 1 is 1.31 bits per heavy atom. The lowest BCUT2D eigenvalue weighted by atomic mass is 10.4. The molecule has 0 aliphatic rings. The van der Waals surface area contributed by atoms with Crippen molar-refractivity contribution < 1.29 is 22.0 Å². The average Bonchev–Trinajstić information content (AvgIpc) is 2.17. The van der Waals surface area contributed by atoms with Crippen molar-refractivity contribution >= 4 is 27.9 Å². The summed E-state index contributed by atoms with van der Waals surface area (Å²) >= 11 is 0.0755. The van der Waals surface area contributed by atoms with Crippen molar-refractivity contribution in [2.75, 3.05) is 0 Å². The maximum atomic E-state index is 12.1. The van der Waals surface area contributed by atoms with Crippen LogP contribution < -0.4 is 0 Å². The number of halogens is 2. The zero-order valence-corrected chi connectivity index (χ0v) is 9.26. The average molecular weight is 265 g/mol. The fourth-order valence-electron chi connectivity index (χ4n) is 0.955. The molecule has 4 nitrogen and oxygen atoms in total. The molecular formula is C8H5F2NO3S2. The van der Waals surface area contributed by atoms with Crippen LogP contribution in [0.4, 0.5) is 8.78 Å². The minimum atomic E-state index is -4.24. The number of nitrogens with zero attached hydrogens (tertiary/aromatic N) is 1. The number of sulfonamides is 1. The third-order valence-electron chi connectivity index (χ3n) is 1.50. The van der Waals surface area contributed by atoms with Crippen LogP contribution in [0, 0.1) is 0 Å². The van der Waals surface area contributed by atoms with Crippen LogP contribution in [0.2, 0.25) is 0 Å². The summed E-state index contributed by atoms with van der Waals surface area (Å²) in [6.45, 7) is 0. The quantitative estimate of drug-likeness (QED) is 0.474. The third-order valence-corrected chi connectivity index (χ3v) is 3.64. The first kappa shape index (κ1) is 12.8. The zero-order chi connectivity index (χ0) is 12.2. The van der Waals surface area contributed by atoms with Crippen LogP contribution in [0.3, 0.4) is 0 Å². The molecule has 1 rings (SSSR count). The number of carbonyl (C=O) groups excluding carboxylic acids is 1. The topological polar surface area (TPSA) is 63.6 Å². The molecule has 0 spiro atoms. The number of hydrogen-bond donors (Lipinski definition) is 0. The minimum absolute atomic E-state index is 0.0755. The van der Waals surface area contributed by atoms with E-state index in [-0.39, 0.29) is 16.7 Å². The van der Waals surface area contributed by atoms with Gasteiger partial charge in [0.1, 0.15) is 4.90 Å². The van der Waals surface area contributed by atoms with Gasteiger partial charge in [0.05, 0.1) is 0 Å². The minimum Gasteiger partial charge on any atom is -0.210 e. The maximum absolute atomic E-state index is 12.1. The van der Waals surface area contributed by atoms with Gasteiger partial charge in [0.25, 0.3) is 21.9 Å². The third kappa shape index (κ3) is 3.13. The number of hydrogen-bond acceptors (Lipinski definition) is 4. The largest absolute Gasteiger partial charge is 0.293 e. The smallest absolute Gasteiger partial charge is 0.210 e. The number of rotatable bonds is 4. The lowest BCUT2D eigenvalue weighted by Crippen LogP contribution is -1.99. The molecule has 0 heterocycles. The second-order valence-electron chi connectivity index (χ2n) is 2.48. The highest BCUT2D eigenvalue weighted by atomic mass is 32.2. The Kier molecular flexibility index (Phi) is 4.17. The SMILES string of the molecule is O=C=NS(=O)(=O)c1ccccc1SC(F)F.